The van der Waals surface area contributed by atoms with Gasteiger partial charge in [-0.2, -0.15) is 18.4 Å². The van der Waals surface area contributed by atoms with Gasteiger partial charge in [-0.1, -0.05) is 0 Å². The van der Waals surface area contributed by atoms with Crippen LogP contribution in [0.5, 0.6) is 5.75 Å². The van der Waals surface area contributed by atoms with Gasteiger partial charge < -0.3 is 25.4 Å². The summed E-state index contributed by atoms with van der Waals surface area (Å²) in [6, 6.07) is 6.07. The Hall–Kier alpha value is -4.90. The van der Waals surface area contributed by atoms with Gasteiger partial charge in [0, 0.05) is 29.7 Å². The highest BCUT2D eigenvalue weighted by molar-refractivity contribution is 6.04. The smallest absolute Gasteiger partial charge is 0.416 e. The van der Waals surface area contributed by atoms with E-state index in [1.165, 1.54) is 25.4 Å². The molecule has 0 radical (unpaired) electrons. The van der Waals surface area contributed by atoms with Gasteiger partial charge in [0.25, 0.3) is 5.91 Å². The summed E-state index contributed by atoms with van der Waals surface area (Å²) in [6.07, 6.45) is 1.20. The molecule has 14 heteroatoms. The van der Waals surface area contributed by atoms with Crippen LogP contribution in [0, 0.1) is 11.5 Å². The van der Waals surface area contributed by atoms with Crippen LogP contribution in [-0.4, -0.2) is 57.0 Å². The van der Waals surface area contributed by atoms with E-state index in [9.17, 15) is 23.2 Å². The van der Waals surface area contributed by atoms with Crippen molar-refractivity contribution in [2.75, 3.05) is 37.9 Å². The Balaban J connectivity index is 1.51. The van der Waals surface area contributed by atoms with Crippen LogP contribution in [0.15, 0.2) is 48.9 Å². The molecular formula is C25H21F3N8O3. The molecule has 3 aromatic heterocycles. The molecule has 0 unspecified atom stereocenters. The summed E-state index contributed by atoms with van der Waals surface area (Å²) in [4.78, 5) is 27.2. The van der Waals surface area contributed by atoms with Gasteiger partial charge in [0.1, 0.15) is 40.5 Å². The number of nitrogen functional groups attached to an aromatic ring is 1. The zero-order chi connectivity index (χ0) is 27.7. The number of fused-ring (bicyclic) bond motifs is 1. The average Bonchev–Trinajstić information content (AvgIpc) is 3.33. The summed E-state index contributed by atoms with van der Waals surface area (Å²) in [5.74, 6) is 0.0284. The number of rotatable bonds is 5. The van der Waals surface area contributed by atoms with Crippen molar-refractivity contribution in [2.24, 2.45) is 0 Å². The average molecular weight is 538 g/mol. The molecule has 11 nitrogen and oxygen atoms in total. The second-order valence-corrected chi connectivity index (χ2v) is 8.55. The molecule has 1 aliphatic rings. The molecule has 1 aliphatic heterocycles. The number of nitrogens with zero attached hydrogens (tertiary/aromatic N) is 6. The number of aromatic nitrogens is 4. The van der Waals surface area contributed by atoms with Crippen LogP contribution in [0.2, 0.25) is 0 Å². The quantitative estimate of drug-likeness (QED) is 0.365. The van der Waals surface area contributed by atoms with Crippen molar-refractivity contribution in [1.29, 1.82) is 5.26 Å². The topological polar surface area (TPSA) is 144 Å². The van der Waals surface area contributed by atoms with Crippen molar-refractivity contribution >= 4 is 23.1 Å². The minimum absolute atomic E-state index is 0.116. The zero-order valence-electron chi connectivity index (χ0n) is 20.4. The van der Waals surface area contributed by atoms with Gasteiger partial charge in [0.15, 0.2) is 6.19 Å². The van der Waals surface area contributed by atoms with E-state index in [4.69, 9.17) is 20.2 Å². The Labute approximate surface area is 219 Å². The molecule has 1 aromatic carbocycles. The molecule has 0 spiro atoms. The number of pyridine rings is 1. The summed E-state index contributed by atoms with van der Waals surface area (Å²) in [6.45, 7) is 1.12. The second-order valence-electron chi connectivity index (χ2n) is 8.55. The molecule has 1 atom stereocenters. The number of imidazole rings is 1. The standard InChI is InChI=1S/C25H21F3N8O3/c1-38-17-10-14(24(37)33-19-11-15(4-5-31-19)25(26,27)28)2-3-16(17)20-21-22(30)32-6-7-36(21)23(34-20)18-12-35(13-29)8-9-39-18/h2-7,10-11,18H,8-9,12H2,1H3,(H2,30,32)(H,31,33,37)/t18-/m1/s1. The molecule has 1 amide bonds. The zero-order valence-corrected chi connectivity index (χ0v) is 20.4. The van der Waals surface area contributed by atoms with Crippen molar-refractivity contribution in [3.63, 3.8) is 0 Å². The Morgan fingerprint density at radius 3 is 2.82 bits per heavy atom. The van der Waals surface area contributed by atoms with Gasteiger partial charge in [-0.15, -0.1) is 0 Å². The van der Waals surface area contributed by atoms with Crippen LogP contribution in [0.4, 0.5) is 24.8 Å². The van der Waals surface area contributed by atoms with Gasteiger partial charge in [0.2, 0.25) is 0 Å². The first-order valence-corrected chi connectivity index (χ1v) is 11.6. The number of nitriles is 1. The number of anilines is 2. The lowest BCUT2D eigenvalue weighted by atomic mass is 10.1. The predicted octanol–water partition coefficient (Wildman–Crippen LogP) is 3.51. The molecule has 5 rings (SSSR count). The van der Waals surface area contributed by atoms with Crippen molar-refractivity contribution < 1.29 is 27.4 Å². The number of nitrogens with one attached hydrogen (secondary N) is 1. The number of benzene rings is 1. The fourth-order valence-corrected chi connectivity index (χ4v) is 4.29. The molecule has 1 saturated heterocycles. The molecule has 0 saturated carbocycles. The molecular weight excluding hydrogens is 517 g/mol. The number of carbonyl (C=O) groups is 1. The number of hydrogen-bond donors (Lipinski definition) is 2. The number of carbonyl (C=O) groups excluding carboxylic acids is 1. The van der Waals surface area contributed by atoms with E-state index >= 15 is 0 Å². The number of ether oxygens (including phenoxy) is 2. The van der Waals surface area contributed by atoms with Crippen LogP contribution >= 0.6 is 0 Å². The SMILES string of the molecule is COc1cc(C(=O)Nc2cc(C(F)(F)F)ccn2)ccc1-c1nc([C@H]2CN(C#N)CCO2)n2ccnc(N)c12. The molecule has 4 aromatic rings. The van der Waals surface area contributed by atoms with Crippen LogP contribution in [-0.2, 0) is 10.9 Å². The minimum atomic E-state index is -4.58. The number of morpholine rings is 1. The number of nitrogens with two attached hydrogens (primary N) is 1. The number of methoxy groups -OCH3 is 1. The first kappa shape index (κ1) is 25.7. The van der Waals surface area contributed by atoms with Gasteiger partial charge in [0.05, 0.1) is 32.4 Å². The summed E-state index contributed by atoms with van der Waals surface area (Å²) in [7, 11) is 1.41. The maximum Gasteiger partial charge on any atom is 0.416 e. The van der Waals surface area contributed by atoms with Crippen LogP contribution in [0.1, 0.15) is 27.8 Å². The highest BCUT2D eigenvalue weighted by Gasteiger charge is 2.31. The fraction of sp³-hybridized carbons (Fsp3) is 0.240. The first-order chi connectivity index (χ1) is 18.7. The van der Waals surface area contributed by atoms with E-state index in [0.29, 0.717) is 42.3 Å². The highest BCUT2D eigenvalue weighted by atomic mass is 19.4. The monoisotopic (exact) mass is 538 g/mol. The third-order valence-electron chi connectivity index (χ3n) is 6.15. The lowest BCUT2D eigenvalue weighted by molar-refractivity contribution is -0.137. The van der Waals surface area contributed by atoms with Crippen molar-refractivity contribution in [3.05, 3.63) is 65.9 Å². The van der Waals surface area contributed by atoms with E-state index in [-0.39, 0.29) is 22.9 Å². The van der Waals surface area contributed by atoms with Crippen LogP contribution < -0.4 is 15.8 Å². The van der Waals surface area contributed by atoms with E-state index in [1.54, 1.807) is 21.6 Å². The van der Waals surface area contributed by atoms with Crippen molar-refractivity contribution in [1.82, 2.24) is 24.3 Å². The maximum absolute atomic E-state index is 13.0. The predicted molar refractivity (Wildman–Crippen MR) is 132 cm³/mol. The second kappa shape index (κ2) is 10.1. The molecule has 3 N–H and O–H groups in total. The van der Waals surface area contributed by atoms with Crippen LogP contribution in [0.3, 0.4) is 0 Å². The lowest BCUT2D eigenvalue weighted by Gasteiger charge is -2.28. The highest BCUT2D eigenvalue weighted by Crippen LogP contribution is 2.37. The molecule has 0 aliphatic carbocycles. The van der Waals surface area contributed by atoms with Gasteiger partial charge in [-0.3, -0.25) is 9.20 Å². The first-order valence-electron chi connectivity index (χ1n) is 11.6. The van der Waals surface area contributed by atoms with Crippen LogP contribution in [0.25, 0.3) is 16.8 Å². The van der Waals surface area contributed by atoms with E-state index < -0.39 is 23.8 Å². The minimum Gasteiger partial charge on any atom is -0.496 e. The fourth-order valence-electron chi connectivity index (χ4n) is 4.29. The van der Waals surface area contributed by atoms with E-state index in [1.807, 2.05) is 0 Å². The molecule has 1 fully saturated rings. The van der Waals surface area contributed by atoms with Gasteiger partial charge in [-0.05, 0) is 30.3 Å². The largest absolute Gasteiger partial charge is 0.496 e. The Bertz CT molecular complexity index is 1600. The Morgan fingerprint density at radius 2 is 2.08 bits per heavy atom. The molecule has 0 bridgehead atoms. The third kappa shape index (κ3) is 4.99. The van der Waals surface area contributed by atoms with Gasteiger partial charge >= 0.3 is 6.18 Å². The Kier molecular flexibility index (Phi) is 6.67. The van der Waals surface area contributed by atoms with E-state index in [0.717, 1.165) is 18.3 Å². The number of amides is 1. The third-order valence-corrected chi connectivity index (χ3v) is 6.15. The maximum atomic E-state index is 13.0. The molecule has 200 valence electrons. The summed E-state index contributed by atoms with van der Waals surface area (Å²) < 4.78 is 52.3. The normalized spacial score (nSPS) is 15.7. The molecule has 39 heavy (non-hydrogen) atoms. The van der Waals surface area contributed by atoms with Gasteiger partial charge in [-0.25, -0.2) is 15.0 Å². The van der Waals surface area contributed by atoms with E-state index in [2.05, 4.69) is 21.5 Å². The number of halogens is 3. The van der Waals surface area contributed by atoms with Crippen molar-refractivity contribution in [3.8, 4) is 23.2 Å². The summed E-state index contributed by atoms with van der Waals surface area (Å²) >= 11 is 0. The number of alkyl halides is 3. The summed E-state index contributed by atoms with van der Waals surface area (Å²) in [5, 5.41) is 11.7. The Morgan fingerprint density at radius 1 is 1.26 bits per heavy atom. The molecule has 4 heterocycles. The lowest BCUT2D eigenvalue weighted by Crippen LogP contribution is -2.35. The van der Waals surface area contributed by atoms with Crippen molar-refractivity contribution in [2.45, 2.75) is 12.3 Å². The number of hydrogen-bond acceptors (Lipinski definition) is 9. The summed E-state index contributed by atoms with van der Waals surface area (Å²) in [5.41, 5.74) is 6.78.